The molecule has 24 heavy (non-hydrogen) atoms. The standard InChI is InChI=1S/C20H40N2O2/c1-2-3-4-5-6-7-8-9-10-11-12-13-14-15-16-17-20(24)22-21-18-19-23/h9-10,21,23H,2-8,11-19H2,1H3,(H,22,24)/b10-9-. The zero-order valence-corrected chi connectivity index (χ0v) is 15.8. The van der Waals surface area contributed by atoms with Gasteiger partial charge >= 0.3 is 0 Å². The Morgan fingerprint density at radius 3 is 1.96 bits per heavy atom. The van der Waals surface area contributed by atoms with Crippen molar-refractivity contribution in [2.24, 2.45) is 0 Å². The maximum atomic E-state index is 11.4. The normalized spacial score (nSPS) is 11.2. The Balaban J connectivity index is 3.16. The van der Waals surface area contributed by atoms with Crippen molar-refractivity contribution in [3.8, 4) is 0 Å². The number of hydrazine groups is 1. The van der Waals surface area contributed by atoms with Crippen molar-refractivity contribution in [2.45, 2.75) is 96.8 Å². The molecule has 0 aliphatic carbocycles. The second-order valence-electron chi connectivity index (χ2n) is 6.53. The molecule has 0 aromatic carbocycles. The Hall–Kier alpha value is -0.870. The first-order valence-electron chi connectivity index (χ1n) is 10.1. The van der Waals surface area contributed by atoms with E-state index in [2.05, 4.69) is 29.9 Å². The molecule has 0 aromatic rings. The van der Waals surface area contributed by atoms with E-state index in [1.165, 1.54) is 70.6 Å². The third-order valence-corrected chi connectivity index (χ3v) is 4.13. The number of aliphatic hydroxyl groups is 1. The van der Waals surface area contributed by atoms with Gasteiger partial charge in [-0.25, -0.2) is 5.43 Å². The van der Waals surface area contributed by atoms with E-state index in [0.717, 1.165) is 12.8 Å². The van der Waals surface area contributed by atoms with Gasteiger partial charge in [-0.05, 0) is 32.1 Å². The number of nitrogens with one attached hydrogen (secondary N) is 2. The van der Waals surface area contributed by atoms with Gasteiger partial charge in [-0.15, -0.1) is 0 Å². The second-order valence-corrected chi connectivity index (χ2v) is 6.53. The molecular formula is C20H40N2O2. The molecule has 0 aliphatic rings. The lowest BCUT2D eigenvalue weighted by molar-refractivity contribution is -0.122. The quantitative estimate of drug-likeness (QED) is 0.193. The molecule has 0 saturated carbocycles. The molecule has 3 N–H and O–H groups in total. The molecular weight excluding hydrogens is 300 g/mol. The fourth-order valence-corrected chi connectivity index (χ4v) is 2.64. The molecule has 0 saturated heterocycles. The predicted octanol–water partition coefficient (Wildman–Crippen LogP) is 4.64. The van der Waals surface area contributed by atoms with Crippen LogP contribution in [-0.4, -0.2) is 24.2 Å². The first kappa shape index (κ1) is 23.1. The van der Waals surface area contributed by atoms with Crippen LogP contribution in [0.4, 0.5) is 0 Å². The van der Waals surface area contributed by atoms with Crippen molar-refractivity contribution in [3.63, 3.8) is 0 Å². The summed E-state index contributed by atoms with van der Waals surface area (Å²) in [6.45, 7) is 2.70. The van der Waals surface area contributed by atoms with Crippen molar-refractivity contribution in [3.05, 3.63) is 12.2 Å². The number of unbranched alkanes of at least 4 members (excludes halogenated alkanes) is 11. The van der Waals surface area contributed by atoms with Crippen LogP contribution in [0.25, 0.3) is 0 Å². The van der Waals surface area contributed by atoms with E-state index in [-0.39, 0.29) is 12.5 Å². The molecule has 0 bridgehead atoms. The number of aliphatic hydroxyl groups excluding tert-OH is 1. The van der Waals surface area contributed by atoms with Crippen LogP contribution < -0.4 is 10.9 Å². The van der Waals surface area contributed by atoms with Gasteiger partial charge in [0.05, 0.1) is 6.61 Å². The summed E-state index contributed by atoms with van der Waals surface area (Å²) in [5, 5.41) is 8.58. The Bertz CT molecular complexity index is 293. The van der Waals surface area contributed by atoms with Crippen LogP contribution in [0, 0.1) is 0 Å². The Morgan fingerprint density at radius 2 is 1.38 bits per heavy atom. The molecule has 0 aliphatic heterocycles. The van der Waals surface area contributed by atoms with Crippen molar-refractivity contribution >= 4 is 5.91 Å². The maximum absolute atomic E-state index is 11.4. The van der Waals surface area contributed by atoms with Crippen LogP contribution in [0.5, 0.6) is 0 Å². The minimum absolute atomic E-state index is 0.0149. The number of carbonyl (C=O) groups excluding carboxylic acids is 1. The lowest BCUT2D eigenvalue weighted by atomic mass is 10.1. The second kappa shape index (κ2) is 20.2. The van der Waals surface area contributed by atoms with E-state index in [1.807, 2.05) is 0 Å². The van der Waals surface area contributed by atoms with E-state index in [1.54, 1.807) is 0 Å². The van der Waals surface area contributed by atoms with E-state index in [0.29, 0.717) is 13.0 Å². The van der Waals surface area contributed by atoms with Gasteiger partial charge in [-0.1, -0.05) is 70.4 Å². The fourth-order valence-electron chi connectivity index (χ4n) is 2.64. The number of allylic oxidation sites excluding steroid dienone is 2. The van der Waals surface area contributed by atoms with Gasteiger partial charge in [-0.3, -0.25) is 10.2 Å². The number of amides is 1. The van der Waals surface area contributed by atoms with E-state index in [4.69, 9.17) is 5.11 Å². The molecule has 0 atom stereocenters. The summed E-state index contributed by atoms with van der Waals surface area (Å²) in [6, 6.07) is 0. The average Bonchev–Trinajstić information content (AvgIpc) is 2.58. The van der Waals surface area contributed by atoms with Gasteiger partial charge < -0.3 is 5.11 Å². The summed E-state index contributed by atoms with van der Waals surface area (Å²) in [4.78, 5) is 11.4. The summed E-state index contributed by atoms with van der Waals surface area (Å²) in [5.41, 5.74) is 5.25. The fraction of sp³-hybridized carbons (Fsp3) is 0.850. The summed E-state index contributed by atoms with van der Waals surface area (Å²) < 4.78 is 0. The highest BCUT2D eigenvalue weighted by Crippen LogP contribution is 2.09. The van der Waals surface area contributed by atoms with Crippen LogP contribution in [-0.2, 0) is 4.79 Å². The van der Waals surface area contributed by atoms with Crippen LogP contribution in [0.15, 0.2) is 12.2 Å². The van der Waals surface area contributed by atoms with Crippen molar-refractivity contribution in [2.75, 3.05) is 13.2 Å². The van der Waals surface area contributed by atoms with Crippen LogP contribution in [0.3, 0.4) is 0 Å². The zero-order chi connectivity index (χ0) is 17.7. The summed E-state index contributed by atoms with van der Waals surface area (Å²) in [6.07, 6.45) is 21.7. The van der Waals surface area contributed by atoms with Gasteiger partial charge in [0.1, 0.15) is 0 Å². The van der Waals surface area contributed by atoms with E-state index >= 15 is 0 Å². The third kappa shape index (κ3) is 19.2. The summed E-state index contributed by atoms with van der Waals surface area (Å²) in [5.74, 6) is 0.0149. The molecule has 0 spiro atoms. The Morgan fingerprint density at radius 1 is 0.833 bits per heavy atom. The highest BCUT2D eigenvalue weighted by molar-refractivity contribution is 5.75. The van der Waals surface area contributed by atoms with Gasteiger partial charge in [-0.2, -0.15) is 0 Å². The number of hydrogen-bond donors (Lipinski definition) is 3. The Kier molecular flexibility index (Phi) is 19.4. The van der Waals surface area contributed by atoms with E-state index < -0.39 is 0 Å². The molecule has 0 unspecified atom stereocenters. The lowest BCUT2D eigenvalue weighted by Gasteiger charge is -2.05. The molecule has 0 fully saturated rings. The summed E-state index contributed by atoms with van der Waals surface area (Å²) in [7, 11) is 0. The van der Waals surface area contributed by atoms with Crippen molar-refractivity contribution < 1.29 is 9.90 Å². The zero-order valence-electron chi connectivity index (χ0n) is 15.8. The molecule has 0 heterocycles. The highest BCUT2D eigenvalue weighted by Gasteiger charge is 1.99. The van der Waals surface area contributed by atoms with Gasteiger partial charge in [0.15, 0.2) is 0 Å². The third-order valence-electron chi connectivity index (χ3n) is 4.13. The lowest BCUT2D eigenvalue weighted by Crippen LogP contribution is -2.38. The summed E-state index contributed by atoms with van der Waals surface area (Å²) >= 11 is 0. The molecule has 1 amide bonds. The number of rotatable bonds is 18. The number of carbonyl (C=O) groups is 1. The molecule has 0 rings (SSSR count). The topological polar surface area (TPSA) is 61.4 Å². The largest absolute Gasteiger partial charge is 0.395 e. The van der Waals surface area contributed by atoms with Crippen LogP contribution in [0.1, 0.15) is 96.8 Å². The average molecular weight is 341 g/mol. The molecule has 4 heteroatoms. The van der Waals surface area contributed by atoms with Crippen LogP contribution in [0.2, 0.25) is 0 Å². The van der Waals surface area contributed by atoms with Gasteiger partial charge in [0.2, 0.25) is 5.91 Å². The molecule has 0 radical (unpaired) electrons. The highest BCUT2D eigenvalue weighted by atomic mass is 16.3. The number of hydrogen-bond acceptors (Lipinski definition) is 3. The molecule has 0 aromatic heterocycles. The predicted molar refractivity (Wildman–Crippen MR) is 103 cm³/mol. The first-order chi connectivity index (χ1) is 11.8. The molecule has 4 nitrogen and oxygen atoms in total. The van der Waals surface area contributed by atoms with Gasteiger partial charge in [0.25, 0.3) is 0 Å². The maximum Gasteiger partial charge on any atom is 0.234 e. The van der Waals surface area contributed by atoms with Crippen molar-refractivity contribution in [1.82, 2.24) is 10.9 Å². The molecule has 142 valence electrons. The monoisotopic (exact) mass is 340 g/mol. The van der Waals surface area contributed by atoms with Gasteiger partial charge in [0, 0.05) is 13.0 Å². The van der Waals surface area contributed by atoms with Crippen molar-refractivity contribution in [1.29, 1.82) is 0 Å². The minimum atomic E-state index is 0.0149. The first-order valence-corrected chi connectivity index (χ1v) is 10.1. The van der Waals surface area contributed by atoms with Crippen LogP contribution >= 0.6 is 0 Å². The van der Waals surface area contributed by atoms with E-state index in [9.17, 15) is 4.79 Å². The Labute approximate surface area is 149 Å². The SMILES string of the molecule is CCCCCCCC/C=C\CCCCCCCC(=O)NNCCO. The minimum Gasteiger partial charge on any atom is -0.395 e. The smallest absolute Gasteiger partial charge is 0.234 e.